The number of furan rings is 1. The normalized spacial score (nSPS) is 20.1. The smallest absolute Gasteiger partial charge is 0.406 e. The van der Waals surface area contributed by atoms with Crippen LogP contribution in [0.2, 0.25) is 0 Å². The first kappa shape index (κ1) is 24.0. The fourth-order valence-corrected chi connectivity index (χ4v) is 4.39. The molecule has 5 rings (SSSR count). The summed E-state index contributed by atoms with van der Waals surface area (Å²) in [6, 6.07) is 16.1. The van der Waals surface area contributed by atoms with Gasteiger partial charge in [-0.15, -0.1) is 12.4 Å². The number of aromatic nitrogens is 2. The van der Waals surface area contributed by atoms with Crippen LogP contribution >= 0.6 is 12.4 Å². The molecule has 0 saturated heterocycles. The van der Waals surface area contributed by atoms with E-state index in [9.17, 15) is 23.1 Å². The number of nitrogens with zero attached hydrogens (tertiary/aromatic N) is 2. The standard InChI is InChI=1S/C24H20F3N3O3.ClH/c25-24(26,27)12-30-13-29-21-19(22(30)32)18(14-4-2-1-3-5-14)20(33-21)15-6-8-16(9-7-15)23(28)10-17(31)11-23;/h1-9,13,17,31H,10-12,28H2;1H/t17-,23+;. The highest BCUT2D eigenvalue weighted by Crippen LogP contribution is 2.42. The lowest BCUT2D eigenvalue weighted by Crippen LogP contribution is -2.51. The van der Waals surface area contributed by atoms with Crippen molar-refractivity contribution in [1.29, 1.82) is 0 Å². The summed E-state index contributed by atoms with van der Waals surface area (Å²) in [7, 11) is 0. The van der Waals surface area contributed by atoms with Crippen molar-refractivity contribution in [3.05, 3.63) is 76.8 Å². The summed E-state index contributed by atoms with van der Waals surface area (Å²) in [6.07, 6.45) is -3.20. The van der Waals surface area contributed by atoms with E-state index in [-0.39, 0.29) is 23.5 Å². The molecule has 0 bridgehead atoms. The van der Waals surface area contributed by atoms with Crippen LogP contribution < -0.4 is 11.3 Å². The minimum Gasteiger partial charge on any atom is -0.437 e. The van der Waals surface area contributed by atoms with E-state index in [1.807, 2.05) is 12.1 Å². The molecule has 10 heteroatoms. The van der Waals surface area contributed by atoms with E-state index in [2.05, 4.69) is 4.98 Å². The summed E-state index contributed by atoms with van der Waals surface area (Å²) in [5, 5.41) is 9.63. The van der Waals surface area contributed by atoms with Gasteiger partial charge in [-0.25, -0.2) is 4.98 Å². The number of halogens is 4. The van der Waals surface area contributed by atoms with Gasteiger partial charge in [-0.05, 0) is 24.0 Å². The molecule has 3 N–H and O–H groups in total. The topological polar surface area (TPSA) is 94.3 Å². The van der Waals surface area contributed by atoms with Gasteiger partial charge in [0, 0.05) is 16.7 Å². The van der Waals surface area contributed by atoms with E-state index in [0.717, 1.165) is 11.9 Å². The number of aliphatic hydroxyl groups is 1. The number of nitrogens with two attached hydrogens (primary N) is 1. The Morgan fingerprint density at radius 2 is 1.74 bits per heavy atom. The van der Waals surface area contributed by atoms with Gasteiger partial charge in [0.1, 0.15) is 24.0 Å². The third-order valence-electron chi connectivity index (χ3n) is 6.01. The highest BCUT2D eigenvalue weighted by Gasteiger charge is 2.41. The zero-order chi connectivity index (χ0) is 23.4. The van der Waals surface area contributed by atoms with E-state index >= 15 is 0 Å². The van der Waals surface area contributed by atoms with Gasteiger partial charge in [0.15, 0.2) is 0 Å². The van der Waals surface area contributed by atoms with Crippen LogP contribution in [0.3, 0.4) is 0 Å². The van der Waals surface area contributed by atoms with Crippen LogP contribution in [0.15, 0.2) is 70.1 Å². The van der Waals surface area contributed by atoms with Crippen LogP contribution in [0, 0.1) is 0 Å². The summed E-state index contributed by atoms with van der Waals surface area (Å²) in [4.78, 5) is 17.0. The van der Waals surface area contributed by atoms with E-state index in [1.54, 1.807) is 42.5 Å². The Balaban J connectivity index is 0.00000274. The van der Waals surface area contributed by atoms with Crippen molar-refractivity contribution in [2.45, 2.75) is 37.2 Å². The van der Waals surface area contributed by atoms with E-state index < -0.39 is 29.9 Å². The summed E-state index contributed by atoms with van der Waals surface area (Å²) < 4.78 is 45.4. The molecule has 1 fully saturated rings. The average molecular weight is 492 g/mol. The first-order valence-corrected chi connectivity index (χ1v) is 10.4. The highest BCUT2D eigenvalue weighted by atomic mass is 35.5. The van der Waals surface area contributed by atoms with Gasteiger partial charge in [0.05, 0.1) is 6.10 Å². The largest absolute Gasteiger partial charge is 0.437 e. The van der Waals surface area contributed by atoms with Crippen molar-refractivity contribution in [2.75, 3.05) is 0 Å². The predicted octanol–water partition coefficient (Wildman–Crippen LogP) is 4.62. The number of fused-ring (bicyclic) bond motifs is 1. The second kappa shape index (κ2) is 8.57. The monoisotopic (exact) mass is 491 g/mol. The molecule has 0 unspecified atom stereocenters. The number of aliphatic hydroxyl groups excluding tert-OH is 1. The molecule has 2 heterocycles. The summed E-state index contributed by atoms with van der Waals surface area (Å²) in [5.74, 6) is 0.330. The SMILES string of the molecule is Cl.N[C@]1(c2ccc(-c3oc4ncn(CC(F)(F)F)c(=O)c4c3-c3ccccc3)cc2)C[C@H](O)C1. The Morgan fingerprint density at radius 3 is 2.32 bits per heavy atom. The molecule has 178 valence electrons. The molecule has 34 heavy (non-hydrogen) atoms. The van der Waals surface area contributed by atoms with Crippen molar-refractivity contribution in [3.8, 4) is 22.5 Å². The molecule has 0 aliphatic heterocycles. The maximum absolute atomic E-state index is 13.0. The van der Waals surface area contributed by atoms with Crippen LogP contribution in [0.5, 0.6) is 0 Å². The van der Waals surface area contributed by atoms with Gasteiger partial charge >= 0.3 is 6.18 Å². The molecule has 0 amide bonds. The van der Waals surface area contributed by atoms with Crippen molar-refractivity contribution >= 4 is 23.5 Å². The van der Waals surface area contributed by atoms with Gasteiger partial charge in [0.25, 0.3) is 5.56 Å². The molecule has 1 aliphatic rings. The average Bonchev–Trinajstić information content (AvgIpc) is 3.15. The third-order valence-corrected chi connectivity index (χ3v) is 6.01. The second-order valence-corrected chi connectivity index (χ2v) is 8.44. The Hall–Kier alpha value is -3.14. The molecule has 0 radical (unpaired) electrons. The van der Waals surface area contributed by atoms with Crippen molar-refractivity contribution in [2.24, 2.45) is 5.73 Å². The maximum Gasteiger partial charge on any atom is 0.406 e. The predicted molar refractivity (Wildman–Crippen MR) is 124 cm³/mol. The first-order chi connectivity index (χ1) is 15.6. The first-order valence-electron chi connectivity index (χ1n) is 10.4. The zero-order valence-corrected chi connectivity index (χ0v) is 18.6. The zero-order valence-electron chi connectivity index (χ0n) is 17.7. The quantitative estimate of drug-likeness (QED) is 0.434. The number of alkyl halides is 3. The molecule has 1 saturated carbocycles. The summed E-state index contributed by atoms with van der Waals surface area (Å²) >= 11 is 0. The Kier molecular flexibility index (Phi) is 6.05. The highest BCUT2D eigenvalue weighted by molar-refractivity contribution is 5.99. The van der Waals surface area contributed by atoms with Gasteiger partial charge in [-0.3, -0.25) is 9.36 Å². The molecule has 4 aromatic rings. The van der Waals surface area contributed by atoms with Crippen molar-refractivity contribution < 1.29 is 22.7 Å². The minimum atomic E-state index is -4.57. The van der Waals surface area contributed by atoms with Crippen molar-refractivity contribution in [1.82, 2.24) is 9.55 Å². The van der Waals surface area contributed by atoms with Gasteiger partial charge < -0.3 is 15.3 Å². The number of benzene rings is 2. The number of hydrogen-bond donors (Lipinski definition) is 2. The maximum atomic E-state index is 13.0. The molecule has 6 nitrogen and oxygen atoms in total. The van der Waals surface area contributed by atoms with Gasteiger partial charge in [-0.1, -0.05) is 54.6 Å². The number of hydrogen-bond acceptors (Lipinski definition) is 5. The van der Waals surface area contributed by atoms with Crippen LogP contribution in [0.4, 0.5) is 13.2 Å². The molecule has 0 spiro atoms. The van der Waals surface area contributed by atoms with E-state index in [0.29, 0.717) is 39.9 Å². The summed E-state index contributed by atoms with van der Waals surface area (Å²) in [6.45, 7) is -1.44. The lowest BCUT2D eigenvalue weighted by molar-refractivity contribution is -0.141. The fourth-order valence-electron chi connectivity index (χ4n) is 4.39. The van der Waals surface area contributed by atoms with Crippen LogP contribution in [-0.4, -0.2) is 26.9 Å². The molecular formula is C24H21ClF3N3O3. The second-order valence-electron chi connectivity index (χ2n) is 8.44. The lowest BCUT2D eigenvalue weighted by Gasteiger charge is -2.42. The third kappa shape index (κ3) is 4.22. The van der Waals surface area contributed by atoms with Gasteiger partial charge in [0.2, 0.25) is 5.71 Å². The molecule has 2 aromatic carbocycles. The lowest BCUT2D eigenvalue weighted by atomic mass is 9.70. The Labute approximate surface area is 198 Å². The summed E-state index contributed by atoms with van der Waals surface area (Å²) in [5.41, 5.74) is 7.38. The Morgan fingerprint density at radius 1 is 1.09 bits per heavy atom. The molecule has 0 atom stereocenters. The fraction of sp³-hybridized carbons (Fsp3) is 0.250. The van der Waals surface area contributed by atoms with Gasteiger partial charge in [-0.2, -0.15) is 13.2 Å². The minimum absolute atomic E-state index is 0. The van der Waals surface area contributed by atoms with Crippen LogP contribution in [-0.2, 0) is 12.1 Å². The molecular weight excluding hydrogens is 471 g/mol. The molecule has 2 aromatic heterocycles. The van der Waals surface area contributed by atoms with Crippen LogP contribution in [0.25, 0.3) is 33.6 Å². The molecule has 1 aliphatic carbocycles. The Bertz CT molecular complexity index is 1380. The van der Waals surface area contributed by atoms with Crippen LogP contribution in [0.1, 0.15) is 18.4 Å². The van der Waals surface area contributed by atoms with E-state index in [4.69, 9.17) is 10.2 Å². The number of rotatable bonds is 4. The van der Waals surface area contributed by atoms with Crippen molar-refractivity contribution in [3.63, 3.8) is 0 Å². The van der Waals surface area contributed by atoms with E-state index in [1.165, 1.54) is 0 Å².